The van der Waals surface area contributed by atoms with Crippen molar-refractivity contribution >= 4 is 22.9 Å². The highest BCUT2D eigenvalue weighted by atomic mass is 32.2. The Kier molecular flexibility index (Phi) is 4.03. The number of rotatable bonds is 4. The smallest absolute Gasteiger partial charge is 0.160 e. The van der Waals surface area contributed by atoms with Gasteiger partial charge in [-0.05, 0) is 30.7 Å². The van der Waals surface area contributed by atoms with Gasteiger partial charge in [0.15, 0.2) is 5.65 Å². The molecule has 0 aromatic carbocycles. The van der Waals surface area contributed by atoms with Crippen molar-refractivity contribution in [1.82, 2.24) is 14.5 Å². The van der Waals surface area contributed by atoms with Gasteiger partial charge in [-0.3, -0.25) is 0 Å². The highest BCUT2D eigenvalue weighted by molar-refractivity contribution is 7.99. The zero-order valence-corrected chi connectivity index (χ0v) is 12.0. The monoisotopic (exact) mass is 277 g/mol. The predicted molar refractivity (Wildman–Crippen MR) is 78.5 cm³/mol. The molecular formula is C14H19N3OS. The van der Waals surface area contributed by atoms with E-state index < -0.39 is 0 Å². The van der Waals surface area contributed by atoms with E-state index in [0.29, 0.717) is 11.9 Å². The summed E-state index contributed by atoms with van der Waals surface area (Å²) in [4.78, 5) is 9.30. The van der Waals surface area contributed by atoms with Gasteiger partial charge in [-0.15, -0.1) is 0 Å². The lowest BCUT2D eigenvalue weighted by Gasteiger charge is -2.21. The second kappa shape index (κ2) is 5.92. The van der Waals surface area contributed by atoms with E-state index in [-0.39, 0.29) is 0 Å². The fraction of sp³-hybridized carbons (Fsp3) is 0.571. The molecule has 1 unspecified atom stereocenters. The van der Waals surface area contributed by atoms with Gasteiger partial charge in [0.25, 0.3) is 0 Å². The van der Waals surface area contributed by atoms with Crippen molar-refractivity contribution in [2.75, 3.05) is 19.5 Å². The molecule has 2 aromatic rings. The number of methoxy groups -OCH3 is 1. The lowest BCUT2D eigenvalue weighted by molar-refractivity contribution is 0.187. The number of imidazole rings is 1. The van der Waals surface area contributed by atoms with E-state index in [2.05, 4.69) is 9.55 Å². The van der Waals surface area contributed by atoms with Gasteiger partial charge in [-0.2, -0.15) is 11.8 Å². The van der Waals surface area contributed by atoms with Crippen LogP contribution in [0.3, 0.4) is 0 Å². The molecular weight excluding hydrogens is 258 g/mol. The van der Waals surface area contributed by atoms with E-state index >= 15 is 0 Å². The molecule has 5 heteroatoms. The van der Waals surface area contributed by atoms with Gasteiger partial charge in [0, 0.05) is 19.9 Å². The van der Waals surface area contributed by atoms with Crippen molar-refractivity contribution in [2.45, 2.75) is 31.1 Å². The van der Waals surface area contributed by atoms with Crippen LogP contribution in [0.4, 0.5) is 0 Å². The number of hydrogen-bond donors (Lipinski definition) is 0. The number of thioether (sulfide) groups is 1. The van der Waals surface area contributed by atoms with Crippen molar-refractivity contribution in [3.05, 3.63) is 24.2 Å². The van der Waals surface area contributed by atoms with Crippen LogP contribution < -0.4 is 0 Å². The molecule has 1 atom stereocenters. The summed E-state index contributed by atoms with van der Waals surface area (Å²) in [7, 11) is 1.74. The minimum Gasteiger partial charge on any atom is -0.383 e. The zero-order chi connectivity index (χ0) is 13.1. The second-order valence-electron chi connectivity index (χ2n) is 4.82. The molecule has 0 bridgehead atoms. The average molecular weight is 277 g/mol. The molecule has 3 heterocycles. The summed E-state index contributed by atoms with van der Waals surface area (Å²) in [5.74, 6) is 2.42. The lowest BCUT2D eigenvalue weighted by atomic mass is 10.2. The Morgan fingerprint density at radius 3 is 3.21 bits per heavy atom. The van der Waals surface area contributed by atoms with E-state index in [1.807, 2.05) is 30.1 Å². The summed E-state index contributed by atoms with van der Waals surface area (Å²) in [6, 6.07) is 4.00. The lowest BCUT2D eigenvalue weighted by Crippen LogP contribution is -2.13. The van der Waals surface area contributed by atoms with Crippen molar-refractivity contribution in [2.24, 2.45) is 0 Å². The van der Waals surface area contributed by atoms with E-state index in [0.717, 1.165) is 17.7 Å². The molecule has 0 saturated carbocycles. The number of fused-ring (bicyclic) bond motifs is 1. The Morgan fingerprint density at radius 1 is 1.47 bits per heavy atom. The summed E-state index contributed by atoms with van der Waals surface area (Å²) in [5, 5.41) is 0.514. The van der Waals surface area contributed by atoms with Crippen molar-refractivity contribution in [3.63, 3.8) is 0 Å². The molecule has 1 fully saturated rings. The van der Waals surface area contributed by atoms with Crippen molar-refractivity contribution in [1.29, 1.82) is 0 Å². The molecule has 0 aliphatic carbocycles. The van der Waals surface area contributed by atoms with Crippen molar-refractivity contribution < 1.29 is 4.74 Å². The number of aromatic nitrogens is 3. The topological polar surface area (TPSA) is 39.9 Å². The van der Waals surface area contributed by atoms with Crippen LogP contribution in [0, 0.1) is 0 Å². The fourth-order valence-corrected chi connectivity index (χ4v) is 3.89. The Hall–Kier alpha value is -1.07. The van der Waals surface area contributed by atoms with Crippen LogP contribution in [-0.4, -0.2) is 34.0 Å². The SMILES string of the molecule is COCCn1c(C2CCCCS2)nc2cccnc21. The molecule has 2 aromatic heterocycles. The van der Waals surface area contributed by atoms with Gasteiger partial charge in [-0.1, -0.05) is 6.42 Å². The molecule has 0 spiro atoms. The third kappa shape index (κ3) is 2.62. The Labute approximate surface area is 117 Å². The van der Waals surface area contributed by atoms with E-state index in [1.165, 1.54) is 30.8 Å². The zero-order valence-electron chi connectivity index (χ0n) is 11.2. The number of pyridine rings is 1. The summed E-state index contributed by atoms with van der Waals surface area (Å²) >= 11 is 2.03. The standard InChI is InChI=1S/C14H19N3OS/c1-18-9-8-17-13-11(5-4-7-15-13)16-14(17)12-6-2-3-10-19-12/h4-5,7,12H,2-3,6,8-10H2,1H3. The first-order valence-corrected chi connectivity index (χ1v) is 7.86. The minimum atomic E-state index is 0.514. The molecule has 19 heavy (non-hydrogen) atoms. The first-order valence-electron chi connectivity index (χ1n) is 6.82. The molecule has 0 amide bonds. The van der Waals surface area contributed by atoms with Gasteiger partial charge in [0.2, 0.25) is 0 Å². The van der Waals surface area contributed by atoms with Crippen LogP contribution in [0.1, 0.15) is 30.3 Å². The highest BCUT2D eigenvalue weighted by Gasteiger charge is 2.23. The van der Waals surface area contributed by atoms with Crippen LogP contribution in [0.5, 0.6) is 0 Å². The number of ether oxygens (including phenoxy) is 1. The first kappa shape index (κ1) is 12.9. The molecule has 4 nitrogen and oxygen atoms in total. The second-order valence-corrected chi connectivity index (χ2v) is 6.13. The largest absolute Gasteiger partial charge is 0.383 e. The Bertz CT molecular complexity index is 549. The average Bonchev–Trinajstić information content (AvgIpc) is 2.85. The van der Waals surface area contributed by atoms with Crippen LogP contribution in [0.25, 0.3) is 11.2 Å². The molecule has 3 rings (SSSR count). The van der Waals surface area contributed by atoms with Crippen LogP contribution in [0.2, 0.25) is 0 Å². The van der Waals surface area contributed by atoms with E-state index in [9.17, 15) is 0 Å². The Balaban J connectivity index is 2.00. The predicted octanol–water partition coefficient (Wildman–Crippen LogP) is 3.04. The maximum Gasteiger partial charge on any atom is 0.160 e. The molecule has 0 N–H and O–H groups in total. The van der Waals surface area contributed by atoms with Gasteiger partial charge in [0.1, 0.15) is 11.3 Å². The summed E-state index contributed by atoms with van der Waals surface area (Å²) in [6.45, 7) is 1.53. The number of hydrogen-bond acceptors (Lipinski definition) is 4. The quantitative estimate of drug-likeness (QED) is 0.861. The molecule has 102 valence electrons. The Morgan fingerprint density at radius 2 is 2.42 bits per heavy atom. The van der Waals surface area contributed by atoms with Crippen LogP contribution >= 0.6 is 11.8 Å². The summed E-state index contributed by atoms with van der Waals surface area (Å²) < 4.78 is 7.46. The van der Waals surface area contributed by atoms with E-state index in [1.54, 1.807) is 7.11 Å². The third-order valence-corrected chi connectivity index (χ3v) is 4.89. The van der Waals surface area contributed by atoms with Gasteiger partial charge >= 0.3 is 0 Å². The normalized spacial score (nSPS) is 19.9. The van der Waals surface area contributed by atoms with Crippen molar-refractivity contribution in [3.8, 4) is 0 Å². The number of nitrogens with zero attached hydrogens (tertiary/aromatic N) is 3. The molecule has 1 saturated heterocycles. The fourth-order valence-electron chi connectivity index (χ4n) is 2.57. The molecule has 0 radical (unpaired) electrons. The first-order chi connectivity index (χ1) is 9.40. The maximum absolute atomic E-state index is 5.22. The van der Waals surface area contributed by atoms with Gasteiger partial charge in [-0.25, -0.2) is 9.97 Å². The van der Waals surface area contributed by atoms with Gasteiger partial charge in [0.05, 0.1) is 11.9 Å². The van der Waals surface area contributed by atoms with E-state index in [4.69, 9.17) is 9.72 Å². The van der Waals surface area contributed by atoms with Crippen LogP contribution in [0.15, 0.2) is 18.3 Å². The molecule has 1 aliphatic heterocycles. The molecule has 1 aliphatic rings. The summed E-state index contributed by atoms with van der Waals surface area (Å²) in [6.07, 6.45) is 5.70. The highest BCUT2D eigenvalue weighted by Crippen LogP contribution is 2.38. The maximum atomic E-state index is 5.22. The summed E-state index contributed by atoms with van der Waals surface area (Å²) in [5.41, 5.74) is 1.99. The van der Waals surface area contributed by atoms with Crippen LogP contribution in [-0.2, 0) is 11.3 Å². The third-order valence-electron chi connectivity index (χ3n) is 3.52. The minimum absolute atomic E-state index is 0.514. The van der Waals surface area contributed by atoms with Gasteiger partial charge < -0.3 is 9.30 Å².